The lowest BCUT2D eigenvalue weighted by Gasteiger charge is -2.27. The molecule has 0 spiro atoms. The molecule has 0 radical (unpaired) electrons. The summed E-state index contributed by atoms with van der Waals surface area (Å²) < 4.78 is 49.9. The molecular formula is C18H23F3O4. The maximum atomic E-state index is 13.6. The Morgan fingerprint density at radius 3 is 2.04 bits per heavy atom. The summed E-state index contributed by atoms with van der Waals surface area (Å²) in [5.41, 5.74) is -1.81. The van der Waals surface area contributed by atoms with Crippen molar-refractivity contribution in [1.82, 2.24) is 0 Å². The van der Waals surface area contributed by atoms with Gasteiger partial charge in [-0.3, -0.25) is 9.59 Å². The van der Waals surface area contributed by atoms with Crippen molar-refractivity contribution in [3.05, 3.63) is 35.1 Å². The zero-order valence-electron chi connectivity index (χ0n) is 14.7. The Labute approximate surface area is 145 Å². The van der Waals surface area contributed by atoms with E-state index in [1.54, 1.807) is 13.8 Å². The van der Waals surface area contributed by atoms with Gasteiger partial charge in [-0.2, -0.15) is 0 Å². The van der Waals surface area contributed by atoms with Crippen LogP contribution in [0.3, 0.4) is 0 Å². The van der Waals surface area contributed by atoms with Gasteiger partial charge in [-0.05, 0) is 25.3 Å². The molecule has 0 heterocycles. The Kier molecular flexibility index (Phi) is 7.93. The van der Waals surface area contributed by atoms with Crippen molar-refractivity contribution in [3.8, 4) is 0 Å². The van der Waals surface area contributed by atoms with Crippen LogP contribution in [-0.4, -0.2) is 18.5 Å². The number of hydrogen-bond acceptors (Lipinski definition) is 4. The fourth-order valence-corrected chi connectivity index (χ4v) is 2.31. The molecule has 0 unspecified atom stereocenters. The van der Waals surface area contributed by atoms with Crippen molar-refractivity contribution in [2.75, 3.05) is 6.61 Å². The molecule has 25 heavy (non-hydrogen) atoms. The van der Waals surface area contributed by atoms with Crippen LogP contribution in [0.2, 0.25) is 0 Å². The molecule has 7 heteroatoms. The summed E-state index contributed by atoms with van der Waals surface area (Å²) in [4.78, 5) is 24.7. The summed E-state index contributed by atoms with van der Waals surface area (Å²) in [6.45, 7) is 4.81. The number of esters is 2. The first kappa shape index (κ1) is 21.0. The summed E-state index contributed by atoms with van der Waals surface area (Å²) in [6.07, 6.45) is 1.80. The van der Waals surface area contributed by atoms with Crippen molar-refractivity contribution in [3.63, 3.8) is 0 Å². The topological polar surface area (TPSA) is 52.6 Å². The van der Waals surface area contributed by atoms with E-state index in [2.05, 4.69) is 0 Å². The Morgan fingerprint density at radius 1 is 0.920 bits per heavy atom. The lowest BCUT2D eigenvalue weighted by Crippen LogP contribution is -2.41. The Hall–Kier alpha value is -2.05. The number of carbonyl (C=O) groups excluding carboxylic acids is 2. The third-order valence-corrected chi connectivity index (χ3v) is 4.17. The second kappa shape index (κ2) is 9.44. The summed E-state index contributed by atoms with van der Waals surface area (Å²) >= 11 is 0. The van der Waals surface area contributed by atoms with E-state index in [0.717, 1.165) is 6.42 Å². The van der Waals surface area contributed by atoms with Crippen LogP contribution in [0.25, 0.3) is 0 Å². The third-order valence-electron chi connectivity index (χ3n) is 4.17. The van der Waals surface area contributed by atoms with Crippen molar-refractivity contribution in [2.24, 2.45) is 5.41 Å². The number of unbranched alkanes of at least 4 members (excludes halogenated alkanes) is 1. The number of hydrogen-bond donors (Lipinski definition) is 0. The number of ether oxygens (including phenoxy) is 2. The van der Waals surface area contributed by atoms with Crippen molar-refractivity contribution in [2.45, 2.75) is 53.1 Å². The van der Waals surface area contributed by atoms with E-state index in [0.29, 0.717) is 18.6 Å². The molecule has 1 aromatic rings. The number of rotatable bonds is 9. The zero-order valence-corrected chi connectivity index (χ0v) is 14.7. The van der Waals surface area contributed by atoms with Crippen molar-refractivity contribution >= 4 is 11.9 Å². The SMILES string of the molecule is CCCCOC(=O)C(CC)(CC)C(=O)OCc1cc(F)c(F)cc1F. The first-order valence-electron chi connectivity index (χ1n) is 8.30. The van der Waals surface area contributed by atoms with E-state index in [1.807, 2.05) is 6.92 Å². The van der Waals surface area contributed by atoms with E-state index in [1.165, 1.54) is 0 Å². The summed E-state index contributed by atoms with van der Waals surface area (Å²) in [5.74, 6) is -5.17. The molecule has 1 rings (SSSR count). The van der Waals surface area contributed by atoms with Gasteiger partial charge < -0.3 is 9.47 Å². The molecule has 1 aromatic carbocycles. The van der Waals surface area contributed by atoms with E-state index in [9.17, 15) is 22.8 Å². The molecule has 0 saturated heterocycles. The van der Waals surface area contributed by atoms with Crippen LogP contribution in [-0.2, 0) is 25.7 Å². The van der Waals surface area contributed by atoms with Crippen LogP contribution in [0.4, 0.5) is 13.2 Å². The number of halogens is 3. The molecular weight excluding hydrogens is 337 g/mol. The van der Waals surface area contributed by atoms with Crippen molar-refractivity contribution < 1.29 is 32.2 Å². The van der Waals surface area contributed by atoms with Gasteiger partial charge in [0.1, 0.15) is 12.4 Å². The summed E-state index contributed by atoms with van der Waals surface area (Å²) in [7, 11) is 0. The average Bonchev–Trinajstić information content (AvgIpc) is 2.58. The standard InChI is InChI=1S/C18H23F3O4/c1-4-7-8-24-16(22)18(5-2,6-3)17(23)25-11-12-9-14(20)15(21)10-13(12)19/h9-10H,4-8,11H2,1-3H3. The molecule has 140 valence electrons. The fraction of sp³-hybridized carbons (Fsp3) is 0.556. The number of carbonyl (C=O) groups is 2. The van der Waals surface area contributed by atoms with Crippen LogP contribution in [0.15, 0.2) is 12.1 Å². The first-order valence-corrected chi connectivity index (χ1v) is 8.30. The molecule has 0 aromatic heterocycles. The predicted octanol–water partition coefficient (Wildman–Crippen LogP) is 4.30. The van der Waals surface area contributed by atoms with Crippen LogP contribution >= 0.6 is 0 Å². The van der Waals surface area contributed by atoms with Crippen molar-refractivity contribution in [1.29, 1.82) is 0 Å². The molecule has 0 amide bonds. The Morgan fingerprint density at radius 2 is 1.48 bits per heavy atom. The fourth-order valence-electron chi connectivity index (χ4n) is 2.31. The predicted molar refractivity (Wildman–Crippen MR) is 85.0 cm³/mol. The second-order valence-corrected chi connectivity index (χ2v) is 5.71. The molecule has 0 aliphatic rings. The normalized spacial score (nSPS) is 11.3. The van der Waals surface area contributed by atoms with E-state index >= 15 is 0 Å². The zero-order chi connectivity index (χ0) is 19.0. The minimum atomic E-state index is -1.50. The summed E-state index contributed by atoms with van der Waals surface area (Å²) in [6, 6.07) is 1.00. The van der Waals surface area contributed by atoms with Gasteiger partial charge in [-0.15, -0.1) is 0 Å². The molecule has 0 N–H and O–H groups in total. The highest BCUT2D eigenvalue weighted by Crippen LogP contribution is 2.31. The Balaban J connectivity index is 2.86. The minimum absolute atomic E-state index is 0.146. The molecule has 0 aliphatic carbocycles. The number of benzene rings is 1. The molecule has 0 atom stereocenters. The second-order valence-electron chi connectivity index (χ2n) is 5.71. The molecule has 4 nitrogen and oxygen atoms in total. The monoisotopic (exact) mass is 360 g/mol. The first-order chi connectivity index (χ1) is 11.8. The van der Waals surface area contributed by atoms with Gasteiger partial charge in [0.25, 0.3) is 0 Å². The quantitative estimate of drug-likeness (QED) is 0.285. The molecule has 0 saturated carbocycles. The van der Waals surface area contributed by atoms with Gasteiger partial charge >= 0.3 is 11.9 Å². The van der Waals surface area contributed by atoms with Gasteiger partial charge in [0.2, 0.25) is 0 Å². The van der Waals surface area contributed by atoms with Gasteiger partial charge in [0.15, 0.2) is 17.0 Å². The highest BCUT2D eigenvalue weighted by molar-refractivity contribution is 5.99. The van der Waals surface area contributed by atoms with Gasteiger partial charge in [-0.1, -0.05) is 27.2 Å². The van der Waals surface area contributed by atoms with Crippen LogP contribution in [0.1, 0.15) is 52.0 Å². The Bertz CT molecular complexity index is 613. The highest BCUT2D eigenvalue weighted by Gasteiger charge is 2.46. The lowest BCUT2D eigenvalue weighted by atomic mass is 9.82. The average molecular weight is 360 g/mol. The lowest BCUT2D eigenvalue weighted by molar-refractivity contribution is -0.174. The van der Waals surface area contributed by atoms with Crippen LogP contribution in [0.5, 0.6) is 0 Å². The van der Waals surface area contributed by atoms with Gasteiger partial charge in [0, 0.05) is 11.6 Å². The van der Waals surface area contributed by atoms with Gasteiger partial charge in [-0.25, -0.2) is 13.2 Å². The van der Waals surface area contributed by atoms with Crippen LogP contribution in [0, 0.1) is 22.9 Å². The summed E-state index contributed by atoms with van der Waals surface area (Å²) in [5, 5.41) is 0. The maximum absolute atomic E-state index is 13.6. The minimum Gasteiger partial charge on any atom is -0.465 e. The van der Waals surface area contributed by atoms with Gasteiger partial charge in [0.05, 0.1) is 6.61 Å². The van der Waals surface area contributed by atoms with E-state index in [4.69, 9.17) is 9.47 Å². The van der Waals surface area contributed by atoms with Crippen LogP contribution < -0.4 is 0 Å². The highest BCUT2D eigenvalue weighted by atomic mass is 19.2. The largest absolute Gasteiger partial charge is 0.465 e. The molecule has 0 fully saturated rings. The third kappa shape index (κ3) is 4.96. The van der Waals surface area contributed by atoms with E-state index in [-0.39, 0.29) is 25.0 Å². The van der Waals surface area contributed by atoms with E-state index < -0.39 is 41.4 Å². The maximum Gasteiger partial charge on any atom is 0.323 e. The molecule has 0 aliphatic heterocycles. The smallest absolute Gasteiger partial charge is 0.323 e. The molecule has 0 bridgehead atoms.